The fraction of sp³-hybridized carbons (Fsp3) is 0.538. The van der Waals surface area contributed by atoms with Gasteiger partial charge in [0.05, 0.1) is 4.90 Å². The van der Waals surface area contributed by atoms with E-state index in [1.807, 2.05) is 0 Å². The molecule has 2 N–H and O–H groups in total. The molecule has 0 spiro atoms. The number of nitrogens with two attached hydrogens (primary N) is 1. The second kappa shape index (κ2) is 4.83. The Hall–Kier alpha value is -0.580. The van der Waals surface area contributed by atoms with Gasteiger partial charge in [-0.05, 0) is 36.6 Å². The van der Waals surface area contributed by atoms with Gasteiger partial charge in [-0.1, -0.05) is 24.4 Å². The molecule has 1 fully saturated rings. The molecule has 2 rings (SSSR count). The Morgan fingerprint density at radius 3 is 2.44 bits per heavy atom. The predicted octanol–water partition coefficient (Wildman–Crippen LogP) is 2.51. The van der Waals surface area contributed by atoms with Crippen molar-refractivity contribution in [2.75, 3.05) is 12.8 Å². The zero-order valence-electron chi connectivity index (χ0n) is 10.4. The smallest absolute Gasteiger partial charge is 0.175 e. The summed E-state index contributed by atoms with van der Waals surface area (Å²) in [7, 11) is -3.25. The molecular formula is C13H18ClNO2S. The van der Waals surface area contributed by atoms with Crippen LogP contribution in [0.15, 0.2) is 23.1 Å². The van der Waals surface area contributed by atoms with Gasteiger partial charge in [-0.15, -0.1) is 0 Å². The van der Waals surface area contributed by atoms with Crippen molar-refractivity contribution in [2.45, 2.75) is 36.0 Å². The molecule has 0 aromatic heterocycles. The minimum atomic E-state index is -3.25. The zero-order valence-corrected chi connectivity index (χ0v) is 12.0. The van der Waals surface area contributed by atoms with Crippen LogP contribution in [0.5, 0.6) is 0 Å². The number of hydrogen-bond donors (Lipinski definition) is 1. The van der Waals surface area contributed by atoms with E-state index in [9.17, 15) is 8.42 Å². The van der Waals surface area contributed by atoms with E-state index in [1.54, 1.807) is 18.2 Å². The maximum Gasteiger partial charge on any atom is 0.175 e. The SMILES string of the molecule is CS(=O)(=O)c1ccc(Cl)cc1C1(CN)CCCC1. The van der Waals surface area contributed by atoms with E-state index >= 15 is 0 Å². The van der Waals surface area contributed by atoms with E-state index in [4.69, 9.17) is 17.3 Å². The average molecular weight is 288 g/mol. The van der Waals surface area contributed by atoms with Crippen LogP contribution in [0.4, 0.5) is 0 Å². The van der Waals surface area contributed by atoms with Crippen LogP contribution in [0.25, 0.3) is 0 Å². The van der Waals surface area contributed by atoms with Crippen LogP contribution in [0.2, 0.25) is 5.02 Å². The third-order valence-corrected chi connectivity index (χ3v) is 5.25. The lowest BCUT2D eigenvalue weighted by Crippen LogP contribution is -2.33. The topological polar surface area (TPSA) is 60.2 Å². The Kier molecular flexibility index (Phi) is 3.72. The van der Waals surface area contributed by atoms with Crippen molar-refractivity contribution in [3.63, 3.8) is 0 Å². The molecule has 0 saturated heterocycles. The minimum Gasteiger partial charge on any atom is -0.330 e. The molecule has 1 aromatic carbocycles. The molecule has 3 nitrogen and oxygen atoms in total. The number of halogens is 1. The van der Waals surface area contributed by atoms with Crippen LogP contribution in [-0.2, 0) is 15.3 Å². The third kappa shape index (κ3) is 2.42. The van der Waals surface area contributed by atoms with Crippen molar-refractivity contribution >= 4 is 21.4 Å². The molecule has 0 heterocycles. The normalized spacial score (nSPS) is 19.1. The van der Waals surface area contributed by atoms with Crippen molar-refractivity contribution in [1.82, 2.24) is 0 Å². The van der Waals surface area contributed by atoms with Gasteiger partial charge in [-0.3, -0.25) is 0 Å². The van der Waals surface area contributed by atoms with Crippen molar-refractivity contribution in [3.8, 4) is 0 Å². The van der Waals surface area contributed by atoms with Gasteiger partial charge in [0, 0.05) is 23.2 Å². The van der Waals surface area contributed by atoms with Crippen LogP contribution in [-0.4, -0.2) is 21.2 Å². The lowest BCUT2D eigenvalue weighted by atomic mass is 9.79. The fourth-order valence-corrected chi connectivity index (χ4v) is 4.04. The summed E-state index contributed by atoms with van der Waals surface area (Å²) >= 11 is 6.03. The molecule has 0 radical (unpaired) electrons. The highest BCUT2D eigenvalue weighted by Crippen LogP contribution is 2.43. The van der Waals surface area contributed by atoms with E-state index < -0.39 is 9.84 Å². The standard InChI is InChI=1S/C13H18ClNO2S/c1-18(16,17)12-5-4-10(14)8-11(12)13(9-15)6-2-3-7-13/h4-5,8H,2-3,6-7,9,15H2,1H3. The summed E-state index contributed by atoms with van der Waals surface area (Å²) in [6, 6.07) is 5.00. The van der Waals surface area contributed by atoms with Gasteiger partial charge >= 0.3 is 0 Å². The Balaban J connectivity index is 2.65. The summed E-state index contributed by atoms with van der Waals surface area (Å²) in [5.74, 6) is 0. The molecule has 100 valence electrons. The first-order valence-electron chi connectivity index (χ1n) is 6.09. The molecule has 0 unspecified atom stereocenters. The predicted molar refractivity (Wildman–Crippen MR) is 73.8 cm³/mol. The largest absolute Gasteiger partial charge is 0.330 e. The number of rotatable bonds is 3. The van der Waals surface area contributed by atoms with Gasteiger partial charge in [0.1, 0.15) is 0 Å². The summed E-state index contributed by atoms with van der Waals surface area (Å²) in [5, 5.41) is 0.567. The Morgan fingerprint density at radius 1 is 1.33 bits per heavy atom. The Morgan fingerprint density at radius 2 is 1.94 bits per heavy atom. The molecule has 1 saturated carbocycles. The first-order chi connectivity index (χ1) is 8.39. The molecule has 0 aliphatic heterocycles. The van der Waals surface area contributed by atoms with E-state index in [0.29, 0.717) is 16.5 Å². The zero-order chi connectivity index (χ0) is 13.4. The Bertz CT molecular complexity index is 548. The van der Waals surface area contributed by atoms with Gasteiger partial charge in [0.2, 0.25) is 0 Å². The fourth-order valence-electron chi connectivity index (χ4n) is 2.88. The van der Waals surface area contributed by atoms with Gasteiger partial charge in [0.15, 0.2) is 9.84 Å². The second-order valence-electron chi connectivity index (χ2n) is 5.10. The van der Waals surface area contributed by atoms with Gasteiger partial charge in [0.25, 0.3) is 0 Å². The van der Waals surface area contributed by atoms with Crippen LogP contribution in [0, 0.1) is 0 Å². The van der Waals surface area contributed by atoms with E-state index in [1.165, 1.54) is 6.26 Å². The van der Waals surface area contributed by atoms with E-state index in [-0.39, 0.29) is 5.41 Å². The number of sulfone groups is 1. The summed E-state index contributed by atoms with van der Waals surface area (Å²) in [5.41, 5.74) is 6.51. The molecule has 1 aliphatic carbocycles. The highest BCUT2D eigenvalue weighted by molar-refractivity contribution is 7.90. The molecule has 1 aliphatic rings. The monoisotopic (exact) mass is 287 g/mol. The van der Waals surface area contributed by atoms with Crippen molar-refractivity contribution in [1.29, 1.82) is 0 Å². The molecule has 0 amide bonds. The molecule has 5 heteroatoms. The quantitative estimate of drug-likeness (QED) is 0.929. The number of benzene rings is 1. The van der Waals surface area contributed by atoms with Crippen LogP contribution in [0.3, 0.4) is 0 Å². The lowest BCUT2D eigenvalue weighted by Gasteiger charge is -2.30. The minimum absolute atomic E-state index is 0.219. The van der Waals surface area contributed by atoms with E-state index in [0.717, 1.165) is 31.2 Å². The average Bonchev–Trinajstić information content (AvgIpc) is 2.77. The highest BCUT2D eigenvalue weighted by atomic mass is 35.5. The van der Waals surface area contributed by atoms with Gasteiger partial charge in [-0.25, -0.2) is 8.42 Å². The van der Waals surface area contributed by atoms with Crippen LogP contribution >= 0.6 is 11.6 Å². The van der Waals surface area contributed by atoms with Crippen LogP contribution < -0.4 is 5.73 Å². The van der Waals surface area contributed by atoms with Gasteiger partial charge < -0.3 is 5.73 Å². The summed E-state index contributed by atoms with van der Waals surface area (Å²) in [6.07, 6.45) is 5.29. The lowest BCUT2D eigenvalue weighted by molar-refractivity contribution is 0.443. The second-order valence-corrected chi connectivity index (χ2v) is 7.52. The highest BCUT2D eigenvalue weighted by Gasteiger charge is 2.37. The first-order valence-corrected chi connectivity index (χ1v) is 8.36. The number of hydrogen-bond acceptors (Lipinski definition) is 3. The molecule has 1 aromatic rings. The first kappa shape index (κ1) is 13.8. The Labute approximate surface area is 113 Å². The van der Waals surface area contributed by atoms with E-state index in [2.05, 4.69) is 0 Å². The van der Waals surface area contributed by atoms with Crippen LogP contribution in [0.1, 0.15) is 31.2 Å². The molecular weight excluding hydrogens is 270 g/mol. The van der Waals surface area contributed by atoms with Crippen molar-refractivity contribution < 1.29 is 8.42 Å². The molecule has 0 atom stereocenters. The summed E-state index contributed by atoms with van der Waals surface area (Å²) < 4.78 is 23.8. The molecule has 18 heavy (non-hydrogen) atoms. The third-order valence-electron chi connectivity index (χ3n) is 3.86. The van der Waals surface area contributed by atoms with Gasteiger partial charge in [-0.2, -0.15) is 0 Å². The summed E-state index contributed by atoms with van der Waals surface area (Å²) in [4.78, 5) is 0.374. The van der Waals surface area contributed by atoms with Crippen molar-refractivity contribution in [2.24, 2.45) is 5.73 Å². The van der Waals surface area contributed by atoms with Crippen molar-refractivity contribution in [3.05, 3.63) is 28.8 Å². The maximum atomic E-state index is 11.9. The molecule has 0 bridgehead atoms. The summed E-state index contributed by atoms with van der Waals surface area (Å²) in [6.45, 7) is 0.468. The maximum absolute atomic E-state index is 11.9.